The Morgan fingerprint density at radius 1 is 1.29 bits per heavy atom. The third-order valence-corrected chi connectivity index (χ3v) is 2.43. The Morgan fingerprint density at radius 3 is 2.76 bits per heavy atom. The van der Waals surface area contributed by atoms with E-state index in [0.717, 1.165) is 0 Å². The highest BCUT2D eigenvalue weighted by molar-refractivity contribution is 6.31. The summed E-state index contributed by atoms with van der Waals surface area (Å²) in [5, 5.41) is 0.446. The Bertz CT molecular complexity index is 532. The standard InChI is InChI=1S/C12H11ClN2O2/c1-16-11-5-4-8(7-10(11)14)17-12-9(13)3-2-6-15-12/h2-7H,14H2,1H3. The molecule has 0 saturated heterocycles. The number of ether oxygens (including phenoxy) is 2. The van der Waals surface area contributed by atoms with Crippen LogP contribution in [0.25, 0.3) is 0 Å². The molecule has 0 bridgehead atoms. The summed E-state index contributed by atoms with van der Waals surface area (Å²) in [4.78, 5) is 4.02. The van der Waals surface area contributed by atoms with Crippen LogP contribution >= 0.6 is 11.6 Å². The fourth-order valence-corrected chi connectivity index (χ4v) is 1.49. The molecule has 0 unspecified atom stereocenters. The van der Waals surface area contributed by atoms with Crippen molar-refractivity contribution in [1.82, 2.24) is 4.98 Å². The molecule has 17 heavy (non-hydrogen) atoms. The summed E-state index contributed by atoms with van der Waals surface area (Å²) < 4.78 is 10.6. The number of benzene rings is 1. The van der Waals surface area contributed by atoms with Crippen molar-refractivity contribution < 1.29 is 9.47 Å². The lowest BCUT2D eigenvalue weighted by Gasteiger charge is -2.08. The molecule has 1 aromatic heterocycles. The fourth-order valence-electron chi connectivity index (χ4n) is 1.33. The predicted octanol–water partition coefficient (Wildman–Crippen LogP) is 3.12. The van der Waals surface area contributed by atoms with Gasteiger partial charge >= 0.3 is 0 Å². The number of hydrogen-bond acceptors (Lipinski definition) is 4. The minimum absolute atomic E-state index is 0.346. The van der Waals surface area contributed by atoms with Gasteiger partial charge in [-0.1, -0.05) is 11.6 Å². The lowest BCUT2D eigenvalue weighted by Crippen LogP contribution is -1.94. The number of pyridine rings is 1. The number of aromatic nitrogens is 1. The number of nitrogens with zero attached hydrogens (tertiary/aromatic N) is 1. The van der Waals surface area contributed by atoms with E-state index in [-0.39, 0.29) is 0 Å². The first kappa shape index (κ1) is 11.5. The third kappa shape index (κ3) is 2.60. The van der Waals surface area contributed by atoms with Gasteiger partial charge in [-0.25, -0.2) is 4.98 Å². The van der Waals surface area contributed by atoms with E-state index < -0.39 is 0 Å². The molecule has 0 aliphatic rings. The molecule has 0 radical (unpaired) electrons. The quantitative estimate of drug-likeness (QED) is 0.851. The van der Waals surface area contributed by atoms with Crippen LogP contribution in [0.4, 0.5) is 5.69 Å². The molecule has 0 atom stereocenters. The average Bonchev–Trinajstić information content (AvgIpc) is 2.32. The molecule has 0 saturated carbocycles. The molecule has 0 amide bonds. The van der Waals surface area contributed by atoms with Gasteiger partial charge in [0.1, 0.15) is 16.5 Å². The lowest BCUT2D eigenvalue weighted by molar-refractivity contribution is 0.414. The number of hydrogen-bond donors (Lipinski definition) is 1. The number of rotatable bonds is 3. The molecule has 2 rings (SSSR count). The van der Waals surface area contributed by atoms with Crippen molar-refractivity contribution in [3.63, 3.8) is 0 Å². The fraction of sp³-hybridized carbons (Fsp3) is 0.0833. The molecule has 1 aromatic carbocycles. The Balaban J connectivity index is 2.25. The normalized spacial score (nSPS) is 10.0. The van der Waals surface area contributed by atoms with Gasteiger partial charge in [-0.2, -0.15) is 0 Å². The van der Waals surface area contributed by atoms with Crippen molar-refractivity contribution in [1.29, 1.82) is 0 Å². The first-order chi connectivity index (χ1) is 8.20. The molecule has 2 aromatic rings. The Kier molecular flexibility index (Phi) is 3.35. The van der Waals surface area contributed by atoms with E-state index in [9.17, 15) is 0 Å². The van der Waals surface area contributed by atoms with Crippen LogP contribution < -0.4 is 15.2 Å². The summed E-state index contributed by atoms with van der Waals surface area (Å²) in [5.41, 5.74) is 6.26. The topological polar surface area (TPSA) is 57.4 Å². The summed E-state index contributed by atoms with van der Waals surface area (Å²) >= 11 is 5.93. The van der Waals surface area contributed by atoms with Gasteiger partial charge in [0.15, 0.2) is 0 Å². The van der Waals surface area contributed by atoms with Crippen LogP contribution in [0.1, 0.15) is 0 Å². The highest BCUT2D eigenvalue weighted by Crippen LogP contribution is 2.31. The first-order valence-corrected chi connectivity index (χ1v) is 5.30. The van der Waals surface area contributed by atoms with Crippen molar-refractivity contribution in [3.05, 3.63) is 41.6 Å². The van der Waals surface area contributed by atoms with E-state index in [0.29, 0.717) is 28.1 Å². The van der Waals surface area contributed by atoms with Crippen LogP contribution in [-0.2, 0) is 0 Å². The second kappa shape index (κ2) is 4.93. The summed E-state index contributed by atoms with van der Waals surface area (Å²) in [6, 6.07) is 8.56. The number of methoxy groups -OCH3 is 1. The molecule has 0 aliphatic carbocycles. The lowest BCUT2D eigenvalue weighted by atomic mass is 10.3. The number of nitrogens with two attached hydrogens (primary N) is 1. The largest absolute Gasteiger partial charge is 0.495 e. The van der Waals surface area contributed by atoms with Gasteiger partial charge in [0, 0.05) is 12.3 Å². The van der Waals surface area contributed by atoms with Gasteiger partial charge in [-0.05, 0) is 24.3 Å². The van der Waals surface area contributed by atoms with Crippen molar-refractivity contribution in [2.45, 2.75) is 0 Å². The summed E-state index contributed by atoms with van der Waals surface area (Å²) in [6.07, 6.45) is 1.61. The second-order valence-electron chi connectivity index (χ2n) is 3.30. The number of anilines is 1. The maximum Gasteiger partial charge on any atom is 0.238 e. The first-order valence-electron chi connectivity index (χ1n) is 4.92. The van der Waals surface area contributed by atoms with Gasteiger partial charge in [0.2, 0.25) is 5.88 Å². The minimum Gasteiger partial charge on any atom is -0.495 e. The molecule has 4 nitrogen and oxygen atoms in total. The molecule has 0 spiro atoms. The van der Waals surface area contributed by atoms with E-state index in [2.05, 4.69) is 4.98 Å². The highest BCUT2D eigenvalue weighted by atomic mass is 35.5. The molecular weight excluding hydrogens is 240 g/mol. The zero-order valence-corrected chi connectivity index (χ0v) is 9.94. The predicted molar refractivity (Wildman–Crippen MR) is 66.7 cm³/mol. The van der Waals surface area contributed by atoms with Crippen LogP contribution in [0, 0.1) is 0 Å². The SMILES string of the molecule is COc1ccc(Oc2ncccc2Cl)cc1N. The maximum absolute atomic E-state index is 5.93. The van der Waals surface area contributed by atoms with Crippen molar-refractivity contribution in [2.75, 3.05) is 12.8 Å². The summed E-state index contributed by atoms with van der Waals surface area (Å²) in [5.74, 6) is 1.51. The molecule has 0 aliphatic heterocycles. The Morgan fingerprint density at radius 2 is 2.12 bits per heavy atom. The maximum atomic E-state index is 5.93. The van der Waals surface area contributed by atoms with Crippen LogP contribution in [0.5, 0.6) is 17.4 Å². The highest BCUT2D eigenvalue weighted by Gasteiger charge is 2.06. The molecule has 2 N–H and O–H groups in total. The summed E-state index contributed by atoms with van der Waals surface area (Å²) in [6.45, 7) is 0. The van der Waals surface area contributed by atoms with Crippen molar-refractivity contribution in [2.24, 2.45) is 0 Å². The van der Waals surface area contributed by atoms with E-state index in [1.165, 1.54) is 0 Å². The van der Waals surface area contributed by atoms with Gasteiger partial charge in [0.05, 0.1) is 12.8 Å². The van der Waals surface area contributed by atoms with Gasteiger partial charge in [0.25, 0.3) is 0 Å². The van der Waals surface area contributed by atoms with Crippen LogP contribution in [0.15, 0.2) is 36.5 Å². The number of nitrogen functional groups attached to an aromatic ring is 1. The van der Waals surface area contributed by atoms with Crippen LogP contribution in [-0.4, -0.2) is 12.1 Å². The smallest absolute Gasteiger partial charge is 0.238 e. The van der Waals surface area contributed by atoms with E-state index in [1.807, 2.05) is 0 Å². The van der Waals surface area contributed by atoms with E-state index in [4.69, 9.17) is 26.8 Å². The van der Waals surface area contributed by atoms with E-state index in [1.54, 1.807) is 43.6 Å². The van der Waals surface area contributed by atoms with Crippen LogP contribution in [0.2, 0.25) is 5.02 Å². The van der Waals surface area contributed by atoms with Gasteiger partial charge in [-0.3, -0.25) is 0 Å². The second-order valence-corrected chi connectivity index (χ2v) is 3.70. The van der Waals surface area contributed by atoms with E-state index >= 15 is 0 Å². The van der Waals surface area contributed by atoms with Gasteiger partial charge in [-0.15, -0.1) is 0 Å². The molecule has 1 heterocycles. The van der Waals surface area contributed by atoms with Gasteiger partial charge < -0.3 is 15.2 Å². The van der Waals surface area contributed by atoms with Crippen LogP contribution in [0.3, 0.4) is 0 Å². The monoisotopic (exact) mass is 250 g/mol. The zero-order valence-electron chi connectivity index (χ0n) is 9.18. The van der Waals surface area contributed by atoms with Crippen molar-refractivity contribution in [3.8, 4) is 17.4 Å². The molecule has 88 valence electrons. The Hall–Kier alpha value is -1.94. The van der Waals surface area contributed by atoms with Crippen molar-refractivity contribution >= 4 is 17.3 Å². The molecular formula is C12H11ClN2O2. The third-order valence-electron chi connectivity index (χ3n) is 2.14. The zero-order chi connectivity index (χ0) is 12.3. The molecule has 5 heteroatoms. The summed E-state index contributed by atoms with van der Waals surface area (Å²) in [7, 11) is 1.56. The minimum atomic E-state index is 0.346. The Labute approximate surface area is 104 Å². The molecule has 0 fully saturated rings. The average molecular weight is 251 g/mol. The number of halogens is 1.